The third kappa shape index (κ3) is 5.34. The average molecular weight is 534 g/mol. The molecule has 3 aliphatic rings. The molecule has 3 aromatic rings. The maximum absolute atomic E-state index is 12.5. The molecule has 11 nitrogen and oxygen atoms in total. The van der Waals surface area contributed by atoms with E-state index in [1.54, 1.807) is 31.0 Å². The number of ether oxygens (including phenoxy) is 1. The van der Waals surface area contributed by atoms with E-state index < -0.39 is 0 Å². The second kappa shape index (κ2) is 10.9. The number of rotatable bonds is 7. The number of fused-ring (bicyclic) bond motifs is 2. The molecule has 2 aromatic carbocycles. The number of carbonyl (C=O) groups is 1. The number of amides is 1. The largest absolute Gasteiger partial charge is 0.439 e. The molecule has 2 atom stereocenters. The molecule has 0 saturated carbocycles. The van der Waals surface area contributed by atoms with Crippen LogP contribution in [0.25, 0.3) is 10.9 Å². The predicted molar refractivity (Wildman–Crippen MR) is 154 cm³/mol. The van der Waals surface area contributed by atoms with Crippen molar-refractivity contribution < 1.29 is 9.53 Å². The Kier molecular flexibility index (Phi) is 6.82. The highest BCUT2D eigenvalue weighted by Gasteiger charge is 2.21. The molecule has 0 radical (unpaired) electrons. The van der Waals surface area contributed by atoms with Crippen LogP contribution in [0, 0.1) is 18.3 Å². The number of aromatic nitrogens is 1. The SMILES string of the molecule is Cc1cc(Nc2c(C#N)cnc3ccc(NC(=O)/C=C/[C@H]4CCCN4)cc23)ccc1OC1=CC2NN=CN2C=N1. The van der Waals surface area contributed by atoms with Gasteiger partial charge in [-0.2, -0.15) is 10.4 Å². The summed E-state index contributed by atoms with van der Waals surface area (Å²) in [5, 5.41) is 24.2. The lowest BCUT2D eigenvalue weighted by molar-refractivity contribution is -0.111. The van der Waals surface area contributed by atoms with Gasteiger partial charge in [0, 0.05) is 41.2 Å². The molecule has 40 heavy (non-hydrogen) atoms. The number of hydrazone groups is 1. The van der Waals surface area contributed by atoms with Crippen LogP contribution in [0.5, 0.6) is 5.75 Å². The number of anilines is 3. The monoisotopic (exact) mass is 533 g/mol. The zero-order valence-corrected chi connectivity index (χ0v) is 21.8. The van der Waals surface area contributed by atoms with Crippen LogP contribution >= 0.6 is 0 Å². The Balaban J connectivity index is 1.22. The minimum absolute atomic E-state index is 0.117. The number of hydrogen-bond donors (Lipinski definition) is 4. The van der Waals surface area contributed by atoms with Crippen molar-refractivity contribution in [2.75, 3.05) is 17.2 Å². The Morgan fingerprint density at radius 3 is 2.95 bits per heavy atom. The van der Waals surface area contributed by atoms with E-state index in [1.165, 1.54) is 0 Å². The maximum atomic E-state index is 12.5. The van der Waals surface area contributed by atoms with Crippen molar-refractivity contribution in [2.45, 2.75) is 32.0 Å². The second-order valence-electron chi connectivity index (χ2n) is 9.66. The topological polar surface area (TPSA) is 139 Å². The molecule has 1 aromatic heterocycles. The quantitative estimate of drug-likeness (QED) is 0.336. The van der Waals surface area contributed by atoms with Crippen molar-refractivity contribution in [3.8, 4) is 11.8 Å². The molecule has 4 N–H and O–H groups in total. The fourth-order valence-electron chi connectivity index (χ4n) is 4.75. The molecule has 4 heterocycles. The van der Waals surface area contributed by atoms with E-state index in [-0.39, 0.29) is 18.1 Å². The first-order valence-corrected chi connectivity index (χ1v) is 13.0. The van der Waals surface area contributed by atoms with Crippen LogP contribution in [-0.4, -0.2) is 47.2 Å². The number of carbonyl (C=O) groups excluding carboxylic acids is 1. The predicted octanol–water partition coefficient (Wildman–Crippen LogP) is 3.84. The van der Waals surface area contributed by atoms with Crippen LogP contribution in [0.15, 0.2) is 76.8 Å². The molecule has 11 heteroatoms. The van der Waals surface area contributed by atoms with E-state index in [0.717, 1.165) is 30.6 Å². The van der Waals surface area contributed by atoms with E-state index in [1.807, 2.05) is 54.3 Å². The molecule has 1 fully saturated rings. The van der Waals surface area contributed by atoms with Crippen LogP contribution < -0.4 is 26.1 Å². The highest BCUT2D eigenvalue weighted by Crippen LogP contribution is 2.33. The Morgan fingerprint density at radius 1 is 1.23 bits per heavy atom. The highest BCUT2D eigenvalue weighted by molar-refractivity contribution is 6.03. The fourth-order valence-corrected chi connectivity index (χ4v) is 4.75. The first-order valence-electron chi connectivity index (χ1n) is 13.0. The normalized spacial score (nSPS) is 19.3. The molecule has 0 spiro atoms. The van der Waals surface area contributed by atoms with E-state index in [2.05, 4.69) is 42.5 Å². The highest BCUT2D eigenvalue weighted by atomic mass is 16.5. The summed E-state index contributed by atoms with van der Waals surface area (Å²) in [4.78, 5) is 23.1. The minimum Gasteiger partial charge on any atom is -0.439 e. The van der Waals surface area contributed by atoms with Crippen LogP contribution in [0.3, 0.4) is 0 Å². The van der Waals surface area contributed by atoms with Crippen molar-refractivity contribution in [3.63, 3.8) is 0 Å². The van der Waals surface area contributed by atoms with E-state index in [0.29, 0.717) is 39.5 Å². The number of hydrogen-bond acceptors (Lipinski definition) is 10. The molecule has 200 valence electrons. The van der Waals surface area contributed by atoms with Gasteiger partial charge in [-0.05, 0) is 68.3 Å². The zero-order chi connectivity index (χ0) is 27.5. The number of nitrogens with one attached hydrogen (secondary N) is 4. The molecular formula is C29H27N9O2. The van der Waals surface area contributed by atoms with Gasteiger partial charge in [0.1, 0.15) is 30.7 Å². The standard InChI is InChI=1S/C29H27N9O2/c1-18-11-21(5-8-25(18)40-28-13-26-37-34-17-38(26)16-33-28)36-29-19(14-30)15-32-24-7-4-22(12-23(24)29)35-27(39)9-6-20-3-2-10-31-20/h4-9,11-13,15-17,20,26,31,37H,2-3,10H2,1H3,(H,32,36)(H,35,39)/b9-6+/t20-,26?/m1/s1. The summed E-state index contributed by atoms with van der Waals surface area (Å²) >= 11 is 0. The summed E-state index contributed by atoms with van der Waals surface area (Å²) in [5.74, 6) is 0.922. The van der Waals surface area contributed by atoms with Gasteiger partial charge >= 0.3 is 0 Å². The van der Waals surface area contributed by atoms with Gasteiger partial charge in [0.2, 0.25) is 11.8 Å². The van der Waals surface area contributed by atoms with E-state index in [9.17, 15) is 10.1 Å². The van der Waals surface area contributed by atoms with Crippen molar-refractivity contribution in [3.05, 3.63) is 77.8 Å². The van der Waals surface area contributed by atoms with Gasteiger partial charge in [0.25, 0.3) is 0 Å². The number of aliphatic imine (C=N–C) groups is 1. The summed E-state index contributed by atoms with van der Waals surface area (Å²) in [5.41, 5.74) is 6.92. The van der Waals surface area contributed by atoms with E-state index >= 15 is 0 Å². The zero-order valence-electron chi connectivity index (χ0n) is 21.8. The van der Waals surface area contributed by atoms with Gasteiger partial charge in [-0.1, -0.05) is 6.08 Å². The first-order chi connectivity index (χ1) is 19.6. The molecule has 3 aliphatic heterocycles. The second-order valence-corrected chi connectivity index (χ2v) is 9.66. The summed E-state index contributed by atoms with van der Waals surface area (Å²) in [6.45, 7) is 2.91. The molecular weight excluding hydrogens is 506 g/mol. The first kappa shape index (κ1) is 25.1. The third-order valence-electron chi connectivity index (χ3n) is 6.83. The van der Waals surface area contributed by atoms with Crippen LogP contribution in [-0.2, 0) is 4.79 Å². The van der Waals surface area contributed by atoms with Crippen molar-refractivity contribution in [1.82, 2.24) is 20.6 Å². The summed E-state index contributed by atoms with van der Waals surface area (Å²) in [6, 6.07) is 13.6. The molecule has 0 aliphatic carbocycles. The third-order valence-corrected chi connectivity index (χ3v) is 6.83. The number of nitriles is 1. The van der Waals surface area contributed by atoms with E-state index in [4.69, 9.17) is 4.74 Å². The smallest absolute Gasteiger partial charge is 0.248 e. The number of benzene rings is 2. The Hall–Kier alpha value is -5.21. The van der Waals surface area contributed by atoms with Gasteiger partial charge in [-0.25, -0.2) is 4.99 Å². The lowest BCUT2D eigenvalue weighted by Gasteiger charge is -2.21. The van der Waals surface area contributed by atoms with Gasteiger partial charge < -0.3 is 20.7 Å². The number of pyridine rings is 1. The molecule has 1 saturated heterocycles. The van der Waals surface area contributed by atoms with Crippen LogP contribution in [0.1, 0.15) is 24.0 Å². The van der Waals surface area contributed by atoms with Gasteiger partial charge in [0.15, 0.2) is 0 Å². The minimum atomic E-state index is -0.209. The van der Waals surface area contributed by atoms with Crippen molar-refractivity contribution in [1.29, 1.82) is 5.26 Å². The summed E-state index contributed by atoms with van der Waals surface area (Å²) in [6.07, 6.45) is 12.2. The Morgan fingerprint density at radius 2 is 2.12 bits per heavy atom. The molecule has 1 unspecified atom stereocenters. The Labute approximate surface area is 230 Å². The van der Waals surface area contributed by atoms with Gasteiger partial charge in [-0.15, -0.1) is 0 Å². The van der Waals surface area contributed by atoms with Crippen LogP contribution in [0.4, 0.5) is 17.1 Å². The van der Waals surface area contributed by atoms with Gasteiger partial charge in [0.05, 0.1) is 16.8 Å². The Bertz CT molecular complexity index is 1630. The fraction of sp³-hybridized carbons (Fsp3) is 0.207. The summed E-state index contributed by atoms with van der Waals surface area (Å²) in [7, 11) is 0. The maximum Gasteiger partial charge on any atom is 0.248 e. The summed E-state index contributed by atoms with van der Waals surface area (Å²) < 4.78 is 6.02. The van der Waals surface area contributed by atoms with Crippen molar-refractivity contribution in [2.24, 2.45) is 10.1 Å². The van der Waals surface area contributed by atoms with Crippen molar-refractivity contribution >= 4 is 46.5 Å². The van der Waals surface area contributed by atoms with Crippen LogP contribution in [0.2, 0.25) is 0 Å². The average Bonchev–Trinajstić information content (AvgIpc) is 3.66. The molecule has 6 rings (SSSR count). The lowest BCUT2D eigenvalue weighted by atomic mass is 10.1. The molecule has 0 bridgehead atoms. The molecule has 1 amide bonds. The number of nitrogens with zero attached hydrogens (tertiary/aromatic N) is 5. The lowest BCUT2D eigenvalue weighted by Crippen LogP contribution is -2.36. The van der Waals surface area contributed by atoms with Gasteiger partial charge in [-0.3, -0.25) is 20.1 Å². The number of aryl methyl sites for hydroxylation is 1.